The topological polar surface area (TPSA) is 26.3 Å². The minimum Gasteiger partial charge on any atom is -0.462 e. The molecule has 270 valence electrons. The Bertz CT molecular complexity index is 1150. The number of rotatable bonds is 19. The Labute approximate surface area is 297 Å². The zero-order valence-corrected chi connectivity index (χ0v) is 32.4. The third kappa shape index (κ3) is 10.1. The molecular weight excluding hydrogens is 585 g/mol. The molecule has 4 aliphatic rings. The molecule has 0 amide bonds. The summed E-state index contributed by atoms with van der Waals surface area (Å²) in [4.78, 5) is 12.8. The zero-order chi connectivity index (χ0) is 34.6. The highest BCUT2D eigenvalue weighted by atomic mass is 16.5. The Kier molecular flexibility index (Phi) is 15.4. The Balaban J connectivity index is 1.17. The lowest BCUT2D eigenvalue weighted by Gasteiger charge is -2.55. The van der Waals surface area contributed by atoms with Crippen LogP contribution in [0.1, 0.15) is 170 Å². The van der Waals surface area contributed by atoms with Crippen LogP contribution in [0.2, 0.25) is 0 Å². The van der Waals surface area contributed by atoms with Crippen molar-refractivity contribution in [1.82, 2.24) is 0 Å². The Morgan fingerprint density at radius 3 is 2.25 bits per heavy atom. The van der Waals surface area contributed by atoms with Gasteiger partial charge in [-0.2, -0.15) is 0 Å². The van der Waals surface area contributed by atoms with Crippen molar-refractivity contribution in [3.63, 3.8) is 0 Å². The second-order valence-electron chi connectivity index (χ2n) is 17.3. The molecule has 1 unspecified atom stereocenters. The Morgan fingerprint density at radius 2 is 1.52 bits per heavy atom. The van der Waals surface area contributed by atoms with Gasteiger partial charge in [-0.05, 0) is 123 Å². The molecule has 3 saturated carbocycles. The van der Waals surface area contributed by atoms with Gasteiger partial charge in [0, 0.05) is 12.8 Å². The average Bonchev–Trinajstić information content (AvgIpc) is 3.42. The fraction of sp³-hybridized carbons (Fsp3) is 0.761. The van der Waals surface area contributed by atoms with Crippen LogP contribution >= 0.6 is 0 Å². The number of esters is 1. The van der Waals surface area contributed by atoms with Crippen molar-refractivity contribution < 1.29 is 9.53 Å². The molecule has 3 fully saturated rings. The number of allylic oxidation sites excluding steroid dienone is 9. The Hall–Kier alpha value is -1.83. The quantitative estimate of drug-likeness (QED) is 0.0784. The number of ether oxygens (including phenoxy) is 1. The summed E-state index contributed by atoms with van der Waals surface area (Å²) in [6, 6.07) is 0. The number of hydrogen-bond acceptors (Lipinski definition) is 2. The molecule has 0 N–H and O–H groups in total. The van der Waals surface area contributed by atoms with E-state index in [9.17, 15) is 4.79 Å². The molecule has 2 nitrogen and oxygen atoms in total. The fourth-order valence-electron chi connectivity index (χ4n) is 10.0. The standard InChI is InChI=1S/C46H74O2/c1-8-9-10-11-12-13-14-15-16-17-18-19-20-21-22-23-44(47)48-39-30-32-45(6)38(34-39)26-27-40-42-29-28-41(46(42,7)33-31-43(40)45)37(5)25-24-36(4)35(2)3/h12-13,15-16,24-27,35-37,39,41-43H,8-11,14,17-23,28-34H2,1-7H3/b13-12-,16-15-,25-24?/t36-,37+,39?,41+,42-,43-,45-,46+/m0/s1. The second kappa shape index (κ2) is 19.0. The third-order valence-corrected chi connectivity index (χ3v) is 13.6. The van der Waals surface area contributed by atoms with E-state index in [1.54, 1.807) is 11.1 Å². The highest BCUT2D eigenvalue weighted by molar-refractivity contribution is 5.69. The molecule has 48 heavy (non-hydrogen) atoms. The summed E-state index contributed by atoms with van der Waals surface area (Å²) in [5.74, 6) is 4.22. The maximum absolute atomic E-state index is 12.8. The first kappa shape index (κ1) is 39.0. The van der Waals surface area contributed by atoms with Crippen LogP contribution in [0.25, 0.3) is 0 Å². The van der Waals surface area contributed by atoms with Crippen molar-refractivity contribution in [2.45, 2.75) is 177 Å². The number of hydrogen-bond donors (Lipinski definition) is 0. The summed E-state index contributed by atoms with van der Waals surface area (Å²) in [7, 11) is 0. The largest absolute Gasteiger partial charge is 0.462 e. The number of carbonyl (C=O) groups excluding carboxylic acids is 1. The van der Waals surface area contributed by atoms with E-state index in [1.807, 2.05) is 0 Å². The molecule has 2 heteroatoms. The van der Waals surface area contributed by atoms with E-state index in [-0.39, 0.29) is 17.5 Å². The van der Waals surface area contributed by atoms with E-state index in [2.05, 4.69) is 97.1 Å². The van der Waals surface area contributed by atoms with E-state index >= 15 is 0 Å². The van der Waals surface area contributed by atoms with Gasteiger partial charge in [0.25, 0.3) is 0 Å². The first-order chi connectivity index (χ1) is 23.1. The minimum absolute atomic E-state index is 0.0262. The van der Waals surface area contributed by atoms with E-state index < -0.39 is 0 Å². The van der Waals surface area contributed by atoms with Gasteiger partial charge in [0.2, 0.25) is 0 Å². The van der Waals surface area contributed by atoms with Crippen LogP contribution in [-0.4, -0.2) is 12.1 Å². The van der Waals surface area contributed by atoms with Crippen molar-refractivity contribution >= 4 is 5.97 Å². The normalized spacial score (nSPS) is 31.5. The van der Waals surface area contributed by atoms with Gasteiger partial charge in [0.1, 0.15) is 6.10 Å². The van der Waals surface area contributed by atoms with Crippen molar-refractivity contribution in [1.29, 1.82) is 0 Å². The molecule has 0 aromatic heterocycles. The fourth-order valence-corrected chi connectivity index (χ4v) is 10.0. The maximum Gasteiger partial charge on any atom is 0.306 e. The van der Waals surface area contributed by atoms with E-state index in [0.717, 1.165) is 50.4 Å². The summed E-state index contributed by atoms with van der Waals surface area (Å²) >= 11 is 0. The summed E-state index contributed by atoms with van der Waals surface area (Å²) < 4.78 is 6.10. The summed E-state index contributed by atoms with van der Waals surface area (Å²) in [5.41, 5.74) is 3.98. The van der Waals surface area contributed by atoms with Gasteiger partial charge in [-0.25, -0.2) is 0 Å². The summed E-state index contributed by atoms with van der Waals surface area (Å²) in [6.07, 6.45) is 41.8. The molecule has 0 aromatic rings. The molecule has 0 bridgehead atoms. The highest BCUT2D eigenvalue weighted by Crippen LogP contribution is 2.66. The lowest BCUT2D eigenvalue weighted by atomic mass is 9.50. The Morgan fingerprint density at radius 1 is 0.812 bits per heavy atom. The molecule has 0 heterocycles. The van der Waals surface area contributed by atoms with Crippen LogP contribution in [0.4, 0.5) is 0 Å². The molecule has 0 spiro atoms. The van der Waals surface area contributed by atoms with Gasteiger partial charge in [-0.3, -0.25) is 4.79 Å². The molecule has 0 aromatic carbocycles. The maximum atomic E-state index is 12.8. The third-order valence-electron chi connectivity index (χ3n) is 13.6. The van der Waals surface area contributed by atoms with Crippen LogP contribution in [0.3, 0.4) is 0 Å². The monoisotopic (exact) mass is 659 g/mol. The lowest BCUT2D eigenvalue weighted by Crippen LogP contribution is -2.46. The first-order valence-electron chi connectivity index (χ1n) is 20.7. The number of fused-ring (bicyclic) bond motifs is 5. The van der Waals surface area contributed by atoms with Crippen LogP contribution in [0, 0.1) is 46.3 Å². The van der Waals surface area contributed by atoms with Gasteiger partial charge in [-0.1, -0.05) is 140 Å². The average molecular weight is 659 g/mol. The molecular formula is C46H74O2. The summed E-state index contributed by atoms with van der Waals surface area (Å²) in [6.45, 7) is 17.0. The summed E-state index contributed by atoms with van der Waals surface area (Å²) in [5, 5.41) is 0. The molecule has 0 aliphatic heterocycles. The molecule has 0 saturated heterocycles. The van der Waals surface area contributed by atoms with Gasteiger partial charge in [0.15, 0.2) is 0 Å². The predicted molar refractivity (Wildman–Crippen MR) is 207 cm³/mol. The van der Waals surface area contributed by atoms with Crippen LogP contribution < -0.4 is 0 Å². The minimum atomic E-state index is 0.0262. The van der Waals surface area contributed by atoms with E-state index in [4.69, 9.17) is 4.74 Å². The van der Waals surface area contributed by atoms with Gasteiger partial charge >= 0.3 is 5.97 Å². The van der Waals surface area contributed by atoms with Crippen LogP contribution in [-0.2, 0) is 9.53 Å². The van der Waals surface area contributed by atoms with Gasteiger partial charge in [0.05, 0.1) is 0 Å². The molecule has 4 aliphatic carbocycles. The number of carbonyl (C=O) groups is 1. The van der Waals surface area contributed by atoms with E-state index in [0.29, 0.717) is 35.5 Å². The van der Waals surface area contributed by atoms with E-state index in [1.165, 1.54) is 77.0 Å². The molecule has 0 radical (unpaired) electrons. The number of unbranched alkanes of at least 4 members (excludes halogenated alkanes) is 8. The van der Waals surface area contributed by atoms with Gasteiger partial charge in [-0.15, -0.1) is 0 Å². The molecule has 4 rings (SSSR count). The smallest absolute Gasteiger partial charge is 0.306 e. The van der Waals surface area contributed by atoms with Crippen LogP contribution in [0.5, 0.6) is 0 Å². The van der Waals surface area contributed by atoms with Crippen molar-refractivity contribution in [2.75, 3.05) is 0 Å². The van der Waals surface area contributed by atoms with Crippen LogP contribution in [0.15, 0.2) is 59.8 Å². The van der Waals surface area contributed by atoms with Gasteiger partial charge < -0.3 is 4.74 Å². The lowest BCUT2D eigenvalue weighted by molar-refractivity contribution is -0.151. The van der Waals surface area contributed by atoms with Crippen molar-refractivity contribution in [3.8, 4) is 0 Å². The first-order valence-corrected chi connectivity index (χ1v) is 20.7. The highest BCUT2D eigenvalue weighted by Gasteiger charge is 2.57. The zero-order valence-electron chi connectivity index (χ0n) is 32.4. The SMILES string of the molecule is CCCCC/C=C\C/C=C\CCCCCCCC(=O)OC1CC[C@@]2(C)C(=CC=C3[C@@H]4CC[C@H]([C@H](C)C=C[C@H](C)C(C)C)[C@@]4(C)CC[C@@H]32)C1. The predicted octanol–water partition coefficient (Wildman–Crippen LogP) is 13.7. The second-order valence-corrected chi connectivity index (χ2v) is 17.3. The van der Waals surface area contributed by atoms with Crippen molar-refractivity contribution in [3.05, 3.63) is 59.8 Å². The molecule has 8 atom stereocenters. The van der Waals surface area contributed by atoms with Crippen molar-refractivity contribution in [2.24, 2.45) is 46.3 Å².